The van der Waals surface area contributed by atoms with E-state index in [0.717, 1.165) is 11.0 Å². The molecule has 0 unspecified atom stereocenters. The van der Waals surface area contributed by atoms with Crippen LogP contribution in [0.2, 0.25) is 0 Å². The average molecular weight is 334 g/mol. The van der Waals surface area contributed by atoms with Crippen LogP contribution in [0.3, 0.4) is 0 Å². The number of carbonyl (C=O) groups excluding carboxylic acids is 1. The number of hydrogen-bond acceptors (Lipinski definition) is 5. The number of carbonyl (C=O) groups is 1. The van der Waals surface area contributed by atoms with Crippen molar-refractivity contribution in [2.75, 3.05) is 5.32 Å². The van der Waals surface area contributed by atoms with Crippen LogP contribution in [0.5, 0.6) is 0 Å². The van der Waals surface area contributed by atoms with E-state index in [2.05, 4.69) is 15.3 Å². The summed E-state index contributed by atoms with van der Waals surface area (Å²) in [5.74, 6) is -0.409. The Bertz CT molecular complexity index is 999. The highest BCUT2D eigenvalue weighted by molar-refractivity contribution is 6.02. The van der Waals surface area contributed by atoms with Gasteiger partial charge in [0, 0.05) is 23.4 Å². The molecule has 7 nitrogen and oxygen atoms in total. The maximum Gasteiger partial charge on any atom is 0.274 e. The van der Waals surface area contributed by atoms with Crippen LogP contribution < -0.4 is 5.32 Å². The Hall–Kier alpha value is -3.61. The summed E-state index contributed by atoms with van der Waals surface area (Å²) < 4.78 is 0. The van der Waals surface area contributed by atoms with Crippen molar-refractivity contribution in [3.8, 4) is 0 Å². The summed E-state index contributed by atoms with van der Waals surface area (Å²) in [5.41, 5.74) is 2.91. The topological polar surface area (TPSA) is 98.0 Å². The molecule has 0 fully saturated rings. The quantitative estimate of drug-likeness (QED) is 0.447. The molecule has 25 heavy (non-hydrogen) atoms. The molecule has 0 aliphatic carbocycles. The van der Waals surface area contributed by atoms with Gasteiger partial charge in [-0.25, -0.2) is 4.98 Å². The first-order chi connectivity index (χ1) is 12.0. The standard InChI is InChI=1S/C18H14N4O3/c1-12-6-7-13(10-17(12)22(24)25)21-18(23)9-8-14-11-19-15-4-2-3-5-16(15)20-14/h2-11H,1H3,(H,21,23)/b9-8+. The number of nitro groups is 1. The zero-order valence-corrected chi connectivity index (χ0v) is 13.3. The fourth-order valence-electron chi connectivity index (χ4n) is 2.28. The van der Waals surface area contributed by atoms with Crippen molar-refractivity contribution in [1.29, 1.82) is 0 Å². The molecular formula is C18H14N4O3. The molecule has 7 heteroatoms. The van der Waals surface area contributed by atoms with Crippen LogP contribution in [0.15, 0.2) is 54.7 Å². The predicted molar refractivity (Wildman–Crippen MR) is 95.0 cm³/mol. The number of anilines is 1. The van der Waals surface area contributed by atoms with Crippen molar-refractivity contribution in [3.05, 3.63) is 76.1 Å². The minimum Gasteiger partial charge on any atom is -0.322 e. The van der Waals surface area contributed by atoms with E-state index in [4.69, 9.17) is 0 Å². The first-order valence-corrected chi connectivity index (χ1v) is 7.49. The normalized spacial score (nSPS) is 10.9. The molecule has 1 heterocycles. The van der Waals surface area contributed by atoms with Gasteiger partial charge in [0.15, 0.2) is 0 Å². The molecule has 0 aliphatic rings. The van der Waals surface area contributed by atoms with Gasteiger partial charge < -0.3 is 5.32 Å². The van der Waals surface area contributed by atoms with Crippen LogP contribution in [0.1, 0.15) is 11.3 Å². The summed E-state index contributed by atoms with van der Waals surface area (Å²) in [6.45, 7) is 1.64. The van der Waals surface area contributed by atoms with E-state index < -0.39 is 10.8 Å². The largest absolute Gasteiger partial charge is 0.322 e. The fourth-order valence-corrected chi connectivity index (χ4v) is 2.28. The number of aryl methyl sites for hydroxylation is 1. The maximum atomic E-state index is 12.0. The molecule has 0 radical (unpaired) electrons. The molecule has 0 bridgehead atoms. The number of para-hydroxylation sites is 2. The Balaban J connectivity index is 1.74. The van der Waals surface area contributed by atoms with Gasteiger partial charge in [0.2, 0.25) is 5.91 Å². The lowest BCUT2D eigenvalue weighted by Gasteiger charge is -2.03. The van der Waals surface area contributed by atoms with Gasteiger partial charge in [-0.15, -0.1) is 0 Å². The predicted octanol–water partition coefficient (Wildman–Crippen LogP) is 3.50. The summed E-state index contributed by atoms with van der Waals surface area (Å²) >= 11 is 0. The van der Waals surface area contributed by atoms with Crippen molar-refractivity contribution in [1.82, 2.24) is 9.97 Å². The summed E-state index contributed by atoms with van der Waals surface area (Å²) in [7, 11) is 0. The Kier molecular flexibility index (Phi) is 4.47. The van der Waals surface area contributed by atoms with Crippen LogP contribution in [0.4, 0.5) is 11.4 Å². The summed E-state index contributed by atoms with van der Waals surface area (Å²) in [6.07, 6.45) is 4.42. The molecule has 1 aromatic heterocycles. The van der Waals surface area contributed by atoms with Gasteiger partial charge in [0.25, 0.3) is 5.69 Å². The van der Waals surface area contributed by atoms with Gasteiger partial charge in [-0.2, -0.15) is 0 Å². The second-order valence-corrected chi connectivity index (χ2v) is 5.36. The first-order valence-electron chi connectivity index (χ1n) is 7.49. The first kappa shape index (κ1) is 16.3. The molecule has 0 saturated heterocycles. The van der Waals surface area contributed by atoms with E-state index in [1.165, 1.54) is 18.2 Å². The number of rotatable bonds is 4. The van der Waals surface area contributed by atoms with E-state index in [0.29, 0.717) is 16.9 Å². The highest BCUT2D eigenvalue weighted by atomic mass is 16.6. The third-order valence-corrected chi connectivity index (χ3v) is 3.55. The number of nitro benzene ring substituents is 1. The molecule has 3 aromatic rings. The second kappa shape index (κ2) is 6.88. The smallest absolute Gasteiger partial charge is 0.274 e. The molecule has 2 aromatic carbocycles. The van der Waals surface area contributed by atoms with Gasteiger partial charge in [-0.1, -0.05) is 18.2 Å². The van der Waals surface area contributed by atoms with Gasteiger partial charge in [-0.3, -0.25) is 19.9 Å². The van der Waals surface area contributed by atoms with E-state index in [-0.39, 0.29) is 5.69 Å². The molecular weight excluding hydrogens is 320 g/mol. The van der Waals surface area contributed by atoms with Gasteiger partial charge >= 0.3 is 0 Å². The molecule has 3 rings (SSSR count). The minimum absolute atomic E-state index is 0.0397. The summed E-state index contributed by atoms with van der Waals surface area (Å²) in [4.78, 5) is 31.1. The molecule has 124 valence electrons. The Morgan fingerprint density at radius 3 is 2.72 bits per heavy atom. The van der Waals surface area contributed by atoms with Crippen LogP contribution >= 0.6 is 0 Å². The van der Waals surface area contributed by atoms with Crippen molar-refractivity contribution in [2.45, 2.75) is 6.92 Å². The van der Waals surface area contributed by atoms with Crippen LogP contribution in [0, 0.1) is 17.0 Å². The number of aromatic nitrogens is 2. The van der Waals surface area contributed by atoms with E-state index >= 15 is 0 Å². The Labute approximate surface area is 143 Å². The number of nitrogens with one attached hydrogen (secondary N) is 1. The molecule has 0 aliphatic heterocycles. The van der Waals surface area contributed by atoms with Crippen molar-refractivity contribution < 1.29 is 9.72 Å². The number of amides is 1. The number of benzene rings is 2. The minimum atomic E-state index is -0.481. The lowest BCUT2D eigenvalue weighted by molar-refractivity contribution is -0.385. The van der Waals surface area contributed by atoms with Crippen LogP contribution in [-0.2, 0) is 4.79 Å². The third-order valence-electron chi connectivity index (χ3n) is 3.55. The van der Waals surface area contributed by atoms with E-state index in [1.54, 1.807) is 25.3 Å². The van der Waals surface area contributed by atoms with Crippen LogP contribution in [-0.4, -0.2) is 20.8 Å². The SMILES string of the molecule is Cc1ccc(NC(=O)/C=C/c2cnc3ccccc3n2)cc1[N+](=O)[O-]. The molecule has 0 atom stereocenters. The average Bonchev–Trinajstić information content (AvgIpc) is 2.61. The second-order valence-electron chi connectivity index (χ2n) is 5.36. The van der Waals surface area contributed by atoms with Crippen LogP contribution in [0.25, 0.3) is 17.1 Å². The Morgan fingerprint density at radius 2 is 1.96 bits per heavy atom. The number of hydrogen-bond donors (Lipinski definition) is 1. The monoisotopic (exact) mass is 334 g/mol. The van der Waals surface area contributed by atoms with E-state index in [1.807, 2.05) is 24.3 Å². The summed E-state index contributed by atoms with van der Waals surface area (Å²) in [5, 5.41) is 13.5. The van der Waals surface area contributed by atoms with Crippen molar-refractivity contribution in [3.63, 3.8) is 0 Å². The molecule has 1 N–H and O–H groups in total. The highest BCUT2D eigenvalue weighted by Gasteiger charge is 2.11. The lowest BCUT2D eigenvalue weighted by atomic mass is 10.2. The van der Waals surface area contributed by atoms with Gasteiger partial charge in [0.1, 0.15) is 0 Å². The zero-order chi connectivity index (χ0) is 17.8. The van der Waals surface area contributed by atoms with Gasteiger partial charge in [-0.05, 0) is 31.2 Å². The van der Waals surface area contributed by atoms with Crippen molar-refractivity contribution in [2.24, 2.45) is 0 Å². The third kappa shape index (κ3) is 3.84. The zero-order valence-electron chi connectivity index (χ0n) is 13.3. The Morgan fingerprint density at radius 1 is 1.20 bits per heavy atom. The van der Waals surface area contributed by atoms with Gasteiger partial charge in [0.05, 0.1) is 27.8 Å². The number of nitrogens with zero attached hydrogens (tertiary/aromatic N) is 3. The fraction of sp³-hybridized carbons (Fsp3) is 0.0556. The summed E-state index contributed by atoms with van der Waals surface area (Å²) in [6, 6.07) is 12.0. The van der Waals surface area contributed by atoms with Crippen molar-refractivity contribution >= 4 is 34.4 Å². The lowest BCUT2D eigenvalue weighted by Crippen LogP contribution is -2.08. The van der Waals surface area contributed by atoms with E-state index in [9.17, 15) is 14.9 Å². The molecule has 1 amide bonds. The number of fused-ring (bicyclic) bond motifs is 1. The molecule has 0 saturated carbocycles. The maximum absolute atomic E-state index is 12.0. The highest BCUT2D eigenvalue weighted by Crippen LogP contribution is 2.22. The molecule has 0 spiro atoms.